The largest absolute Gasteiger partial charge is 0.375 e. The van der Waals surface area contributed by atoms with E-state index in [1.165, 1.54) is 5.69 Å². The molecule has 3 rings (SSSR count). The van der Waals surface area contributed by atoms with Gasteiger partial charge < -0.3 is 10.2 Å². The molecule has 6 nitrogen and oxygen atoms in total. The second-order valence-electron chi connectivity index (χ2n) is 9.70. The number of aryl methyl sites for hydroxylation is 3. The van der Waals surface area contributed by atoms with E-state index in [1.54, 1.807) is 0 Å². The Bertz CT molecular complexity index is 1040. The summed E-state index contributed by atoms with van der Waals surface area (Å²) in [5.41, 5.74) is 3.80. The highest BCUT2D eigenvalue weighted by Gasteiger charge is 2.28. The highest BCUT2D eigenvalue weighted by molar-refractivity contribution is 7.89. The second kappa shape index (κ2) is 11.8. The van der Waals surface area contributed by atoms with Gasteiger partial charge in [0.2, 0.25) is 15.9 Å². The number of anilines is 1. The fourth-order valence-electron chi connectivity index (χ4n) is 5.00. The second-order valence-corrected chi connectivity index (χ2v) is 11.4. The molecule has 1 saturated carbocycles. The van der Waals surface area contributed by atoms with Gasteiger partial charge in [0.1, 0.15) is 0 Å². The Morgan fingerprint density at radius 1 is 1.00 bits per heavy atom. The number of hydrogen-bond acceptors (Lipinski definition) is 4. The van der Waals surface area contributed by atoms with Gasteiger partial charge in [-0.3, -0.25) is 4.79 Å². The number of hydrogen-bond donors (Lipinski definition) is 2. The molecule has 34 heavy (non-hydrogen) atoms. The van der Waals surface area contributed by atoms with Crippen molar-refractivity contribution in [2.75, 3.05) is 31.6 Å². The van der Waals surface area contributed by atoms with Crippen molar-refractivity contribution in [3.8, 4) is 0 Å². The predicted molar refractivity (Wildman–Crippen MR) is 139 cm³/mol. The molecular formula is C27H39N3O3S. The smallest absolute Gasteiger partial charge is 0.241 e. The molecule has 1 aliphatic rings. The van der Waals surface area contributed by atoms with Crippen LogP contribution in [0.25, 0.3) is 0 Å². The quantitative estimate of drug-likeness (QED) is 0.491. The topological polar surface area (TPSA) is 78.5 Å². The van der Waals surface area contributed by atoms with Gasteiger partial charge in [0.25, 0.3) is 0 Å². The minimum absolute atomic E-state index is 0.0290. The van der Waals surface area contributed by atoms with E-state index >= 15 is 0 Å². The van der Waals surface area contributed by atoms with Crippen LogP contribution >= 0.6 is 0 Å². The lowest BCUT2D eigenvalue weighted by Gasteiger charge is -2.28. The molecule has 0 saturated heterocycles. The highest BCUT2D eigenvalue weighted by Crippen LogP contribution is 2.29. The number of carbonyl (C=O) groups excluding carboxylic acids is 1. The fourth-order valence-corrected chi connectivity index (χ4v) is 6.57. The maximum Gasteiger partial charge on any atom is 0.241 e. The molecule has 0 heterocycles. The van der Waals surface area contributed by atoms with Crippen LogP contribution in [0.2, 0.25) is 0 Å². The molecule has 0 aliphatic heterocycles. The Labute approximate surface area is 205 Å². The van der Waals surface area contributed by atoms with Crippen LogP contribution < -0.4 is 14.9 Å². The van der Waals surface area contributed by atoms with Gasteiger partial charge in [0.15, 0.2) is 0 Å². The lowest BCUT2D eigenvalue weighted by Crippen LogP contribution is -2.37. The van der Waals surface area contributed by atoms with Gasteiger partial charge in [-0.1, -0.05) is 35.9 Å². The summed E-state index contributed by atoms with van der Waals surface area (Å²) in [4.78, 5) is 15.2. The van der Waals surface area contributed by atoms with Crippen molar-refractivity contribution in [3.05, 3.63) is 59.2 Å². The highest BCUT2D eigenvalue weighted by atomic mass is 32.2. The molecule has 0 radical (unpaired) electrons. The minimum atomic E-state index is -3.54. The number of carbonyl (C=O) groups is 1. The summed E-state index contributed by atoms with van der Waals surface area (Å²) in [7, 11) is -1.48. The third-order valence-electron chi connectivity index (χ3n) is 6.82. The summed E-state index contributed by atoms with van der Waals surface area (Å²) in [6, 6.07) is 14.0. The molecule has 0 bridgehead atoms. The van der Waals surface area contributed by atoms with Gasteiger partial charge in [0.05, 0.1) is 4.90 Å². The van der Waals surface area contributed by atoms with Crippen LogP contribution in [0, 0.1) is 32.6 Å². The Hall–Kier alpha value is -2.38. The molecule has 1 aliphatic carbocycles. The van der Waals surface area contributed by atoms with E-state index < -0.39 is 10.0 Å². The van der Waals surface area contributed by atoms with E-state index in [-0.39, 0.29) is 17.7 Å². The number of amides is 1. The van der Waals surface area contributed by atoms with Gasteiger partial charge in [-0.25, -0.2) is 13.1 Å². The van der Waals surface area contributed by atoms with Crippen LogP contribution in [-0.4, -0.2) is 41.0 Å². The third-order valence-corrected chi connectivity index (χ3v) is 8.55. The maximum absolute atomic E-state index is 12.9. The van der Waals surface area contributed by atoms with E-state index in [4.69, 9.17) is 0 Å². The molecule has 0 atom stereocenters. The van der Waals surface area contributed by atoms with Gasteiger partial charge in [-0.15, -0.1) is 0 Å². The Morgan fingerprint density at radius 3 is 2.24 bits per heavy atom. The van der Waals surface area contributed by atoms with Crippen molar-refractivity contribution in [1.82, 2.24) is 10.0 Å². The van der Waals surface area contributed by atoms with Gasteiger partial charge in [-0.05, 0) is 82.1 Å². The zero-order valence-corrected chi connectivity index (χ0v) is 21.7. The molecule has 2 aromatic rings. The monoisotopic (exact) mass is 485 g/mol. The van der Waals surface area contributed by atoms with Gasteiger partial charge in [0, 0.05) is 38.3 Å². The fraction of sp³-hybridized carbons (Fsp3) is 0.519. The maximum atomic E-state index is 12.9. The van der Waals surface area contributed by atoms with Crippen LogP contribution in [-0.2, 0) is 14.8 Å². The number of benzene rings is 2. The average Bonchev–Trinajstić information content (AvgIpc) is 2.80. The van der Waals surface area contributed by atoms with E-state index in [1.807, 2.05) is 51.1 Å². The first kappa shape index (κ1) is 26.2. The number of rotatable bonds is 10. The van der Waals surface area contributed by atoms with Crippen LogP contribution in [0.5, 0.6) is 0 Å². The van der Waals surface area contributed by atoms with Crippen molar-refractivity contribution in [2.45, 2.75) is 57.8 Å². The lowest BCUT2D eigenvalue weighted by atomic mass is 9.81. The van der Waals surface area contributed by atoms with E-state index in [9.17, 15) is 13.2 Å². The van der Waals surface area contributed by atoms with Crippen LogP contribution in [0.15, 0.2) is 47.4 Å². The molecule has 1 fully saturated rings. The van der Waals surface area contributed by atoms with E-state index in [0.717, 1.165) is 55.3 Å². The molecule has 0 aromatic heterocycles. The first-order chi connectivity index (χ1) is 16.2. The van der Waals surface area contributed by atoms with Crippen molar-refractivity contribution < 1.29 is 13.2 Å². The Balaban J connectivity index is 1.38. The van der Waals surface area contributed by atoms with Gasteiger partial charge in [-0.2, -0.15) is 0 Å². The Kier molecular flexibility index (Phi) is 9.14. The Morgan fingerprint density at radius 2 is 1.62 bits per heavy atom. The molecular weight excluding hydrogens is 446 g/mol. The summed E-state index contributed by atoms with van der Waals surface area (Å²) in [5, 5.41) is 3.09. The van der Waals surface area contributed by atoms with Crippen LogP contribution in [0.3, 0.4) is 0 Å². The molecule has 2 aromatic carbocycles. The zero-order valence-electron chi connectivity index (χ0n) is 20.9. The van der Waals surface area contributed by atoms with Crippen LogP contribution in [0.4, 0.5) is 5.69 Å². The van der Waals surface area contributed by atoms with Crippen molar-refractivity contribution >= 4 is 21.6 Å². The summed E-state index contributed by atoms with van der Waals surface area (Å²) in [5.74, 6) is 0.429. The lowest BCUT2D eigenvalue weighted by molar-refractivity contribution is -0.126. The first-order valence-electron chi connectivity index (χ1n) is 12.3. The van der Waals surface area contributed by atoms with E-state index in [0.29, 0.717) is 18.0 Å². The number of para-hydroxylation sites is 1. The third kappa shape index (κ3) is 7.06. The van der Waals surface area contributed by atoms with Crippen molar-refractivity contribution in [3.63, 3.8) is 0 Å². The van der Waals surface area contributed by atoms with Gasteiger partial charge >= 0.3 is 0 Å². The summed E-state index contributed by atoms with van der Waals surface area (Å²) in [6.45, 7) is 7.65. The first-order valence-corrected chi connectivity index (χ1v) is 13.8. The molecule has 0 spiro atoms. The summed E-state index contributed by atoms with van der Waals surface area (Å²) in [6.07, 6.45) is 4.24. The van der Waals surface area contributed by atoms with Crippen LogP contribution in [0.1, 0.15) is 48.8 Å². The molecule has 1 amide bonds. The zero-order chi connectivity index (χ0) is 24.7. The molecule has 7 heteroatoms. The van der Waals surface area contributed by atoms with E-state index in [2.05, 4.69) is 34.1 Å². The number of sulfonamides is 1. The minimum Gasteiger partial charge on any atom is -0.375 e. The molecule has 0 unspecified atom stereocenters. The SMILES string of the molecule is Cc1cc(C)c(S(=O)(=O)NCC2CCC(C(=O)NCCCN(C)c3ccccc3)CC2)c(C)c1. The van der Waals surface area contributed by atoms with Crippen molar-refractivity contribution in [1.29, 1.82) is 0 Å². The normalized spacial score (nSPS) is 18.5. The number of nitrogens with zero attached hydrogens (tertiary/aromatic N) is 1. The standard InChI is InChI=1S/C27H39N3O3S/c1-20-17-21(2)26(22(3)18-20)34(32,33)29-19-23-11-13-24(14-12-23)27(31)28-15-8-16-30(4)25-9-6-5-7-10-25/h5-7,9-10,17-18,23-24,29H,8,11-16,19H2,1-4H3,(H,28,31). The summed E-state index contributed by atoms with van der Waals surface area (Å²) >= 11 is 0. The molecule has 186 valence electrons. The number of nitrogens with one attached hydrogen (secondary N) is 2. The average molecular weight is 486 g/mol. The predicted octanol–water partition coefficient (Wildman–Crippen LogP) is 4.34. The van der Waals surface area contributed by atoms with Crippen molar-refractivity contribution in [2.24, 2.45) is 11.8 Å². The molecule has 2 N–H and O–H groups in total. The summed E-state index contributed by atoms with van der Waals surface area (Å²) < 4.78 is 28.6.